The smallest absolute Gasteiger partial charge is 0.0661 e. The second-order valence-electron chi connectivity index (χ2n) is 11.7. The molecule has 0 nitrogen and oxygen atoms in total. The van der Waals surface area contributed by atoms with Crippen LogP contribution < -0.4 is 0 Å². The fourth-order valence-electron chi connectivity index (χ4n) is 7.52. The summed E-state index contributed by atoms with van der Waals surface area (Å²) in [5.74, 6) is 0. The molecule has 0 fully saturated rings. The Bertz CT molecular complexity index is 1680. The molecule has 0 atom stereocenters. The molecule has 2 aliphatic rings. The van der Waals surface area contributed by atoms with Gasteiger partial charge in [0.1, 0.15) is 8.80 Å². The van der Waals surface area contributed by atoms with E-state index in [0.717, 1.165) is 31.7 Å². The first-order valence-electron chi connectivity index (χ1n) is 15.6. The van der Waals surface area contributed by atoms with Crippen molar-refractivity contribution in [3.8, 4) is 22.3 Å². The predicted octanol–water partition coefficient (Wildman–Crippen LogP) is 10.2. The minimum atomic E-state index is -1.73. The molecule has 0 saturated carbocycles. The summed E-state index contributed by atoms with van der Waals surface area (Å²) in [5, 5.41) is 3.43. The maximum Gasteiger partial charge on any atom is 0.108 e. The molecule has 7 rings (SSSR count). The van der Waals surface area contributed by atoms with Gasteiger partial charge < -0.3 is 0 Å². The number of allylic oxidation sites excluding steroid dienone is 2. The third-order valence-electron chi connectivity index (χ3n) is 9.41. The molecule has 206 valence electrons. The van der Waals surface area contributed by atoms with Gasteiger partial charge >= 0.3 is 0 Å². The van der Waals surface area contributed by atoms with Crippen LogP contribution in [0.15, 0.2) is 139 Å². The van der Waals surface area contributed by atoms with Crippen molar-refractivity contribution in [2.24, 2.45) is 0 Å². The fraction of sp³-hybridized carbons (Fsp3) is 0.171. The van der Waals surface area contributed by atoms with Crippen molar-refractivity contribution in [1.29, 1.82) is 0 Å². The first-order valence-corrected chi connectivity index (χ1v) is 17.6. The highest BCUT2D eigenvalue weighted by Gasteiger charge is 2.37. The van der Waals surface area contributed by atoms with Gasteiger partial charge in [0.25, 0.3) is 0 Å². The fourth-order valence-corrected chi connectivity index (χ4v) is 11.9. The molecule has 0 bridgehead atoms. The predicted molar refractivity (Wildman–Crippen MR) is 183 cm³/mol. The second kappa shape index (κ2) is 11.6. The summed E-state index contributed by atoms with van der Waals surface area (Å²) in [6.45, 7) is 4.76. The maximum atomic E-state index is 2.39. The number of rotatable bonds is 8. The molecule has 0 spiro atoms. The van der Waals surface area contributed by atoms with Gasteiger partial charge in [-0.25, -0.2) is 0 Å². The summed E-state index contributed by atoms with van der Waals surface area (Å²) in [7, 11) is -1.73. The van der Waals surface area contributed by atoms with Crippen molar-refractivity contribution < 1.29 is 0 Å². The molecule has 0 heterocycles. The van der Waals surface area contributed by atoms with Gasteiger partial charge in [0.2, 0.25) is 0 Å². The summed E-state index contributed by atoms with van der Waals surface area (Å²) in [5.41, 5.74) is 16.4. The summed E-state index contributed by atoms with van der Waals surface area (Å²) in [4.78, 5) is 0. The molecule has 42 heavy (non-hydrogen) atoms. The van der Waals surface area contributed by atoms with E-state index in [4.69, 9.17) is 0 Å². The topological polar surface area (TPSA) is 0 Å². The summed E-state index contributed by atoms with van der Waals surface area (Å²) in [6, 6.07) is 48.7. The van der Waals surface area contributed by atoms with Crippen LogP contribution in [-0.4, -0.2) is 8.80 Å². The molecule has 0 unspecified atom stereocenters. The molecule has 1 heteroatoms. The van der Waals surface area contributed by atoms with E-state index in [9.17, 15) is 0 Å². The first kappa shape index (κ1) is 26.7. The van der Waals surface area contributed by atoms with Crippen LogP contribution in [-0.2, 0) is 18.9 Å². The zero-order chi connectivity index (χ0) is 28.5. The van der Waals surface area contributed by atoms with E-state index in [0.29, 0.717) is 0 Å². The van der Waals surface area contributed by atoms with Gasteiger partial charge in [0.05, 0.1) is 0 Å². The van der Waals surface area contributed by atoms with Gasteiger partial charge in [0, 0.05) is 0 Å². The number of hydrogen-bond acceptors (Lipinski definition) is 0. The van der Waals surface area contributed by atoms with Crippen LogP contribution in [0.1, 0.15) is 54.5 Å². The average Bonchev–Trinajstić information content (AvgIpc) is 3.63. The molecule has 0 amide bonds. The van der Waals surface area contributed by atoms with Crippen LogP contribution in [0.4, 0.5) is 0 Å². The second-order valence-corrected chi connectivity index (χ2v) is 14.4. The van der Waals surface area contributed by atoms with Crippen molar-refractivity contribution in [1.82, 2.24) is 0 Å². The maximum absolute atomic E-state index is 2.39. The quantitative estimate of drug-likeness (QED) is 0.166. The average molecular weight is 559 g/mol. The van der Waals surface area contributed by atoms with E-state index < -0.39 is 8.80 Å². The molecule has 0 saturated heterocycles. The minimum Gasteiger partial charge on any atom is -0.0661 e. The lowest BCUT2D eigenvalue weighted by Gasteiger charge is -2.27. The van der Waals surface area contributed by atoms with E-state index in [2.05, 4.69) is 141 Å². The van der Waals surface area contributed by atoms with Crippen LogP contribution in [0.5, 0.6) is 0 Å². The summed E-state index contributed by atoms with van der Waals surface area (Å²) < 4.78 is 0. The van der Waals surface area contributed by atoms with Crippen LogP contribution in [0.2, 0.25) is 0 Å². The minimum absolute atomic E-state index is 1.09. The van der Waals surface area contributed by atoms with Crippen molar-refractivity contribution in [3.05, 3.63) is 166 Å². The molecular formula is C41H38Si. The van der Waals surface area contributed by atoms with Crippen LogP contribution in [0, 0.1) is 0 Å². The highest BCUT2D eigenvalue weighted by molar-refractivity contribution is 6.95. The lowest BCUT2D eigenvalue weighted by atomic mass is 9.97. The van der Waals surface area contributed by atoms with Gasteiger partial charge in [-0.1, -0.05) is 158 Å². The Morgan fingerprint density at radius 2 is 0.905 bits per heavy atom. The zero-order valence-electron chi connectivity index (χ0n) is 24.7. The lowest BCUT2D eigenvalue weighted by molar-refractivity contribution is 1.03. The molecule has 0 aliphatic heterocycles. The SMILES string of the molecule is CCC1=C([SiH](Cc2ccccc2)C2=C(CC)Cc3cccc(-c4ccccc4)c32)c2c(cccc2-c2ccccc2)C1. The number of hydrogen-bond donors (Lipinski definition) is 0. The first-order chi connectivity index (χ1) is 20.8. The monoisotopic (exact) mass is 558 g/mol. The third-order valence-corrected chi connectivity index (χ3v) is 13.1. The molecule has 0 radical (unpaired) electrons. The highest BCUT2D eigenvalue weighted by atomic mass is 28.3. The Kier molecular flexibility index (Phi) is 7.36. The molecule has 0 N–H and O–H groups in total. The standard InChI is InChI=1S/C41H38Si/c1-3-30-26-34-22-14-24-36(32-18-10-6-11-19-32)38(34)40(30)42(28-29-16-8-5-9-17-29)41-31(4-2)27-35-23-15-25-37(39(35)41)33-20-12-7-13-21-33/h5-25,42H,3-4,26-28H2,1-2H3. The van der Waals surface area contributed by atoms with Gasteiger partial charge in [0.15, 0.2) is 0 Å². The lowest BCUT2D eigenvalue weighted by Crippen LogP contribution is -2.24. The van der Waals surface area contributed by atoms with Crippen molar-refractivity contribution >= 4 is 19.2 Å². The van der Waals surface area contributed by atoms with Crippen molar-refractivity contribution in [2.75, 3.05) is 0 Å². The van der Waals surface area contributed by atoms with Crippen LogP contribution in [0.3, 0.4) is 0 Å². The van der Waals surface area contributed by atoms with Gasteiger partial charge in [-0.3, -0.25) is 0 Å². The number of fused-ring (bicyclic) bond motifs is 2. The third kappa shape index (κ3) is 4.72. The Morgan fingerprint density at radius 3 is 1.33 bits per heavy atom. The highest BCUT2D eigenvalue weighted by Crippen LogP contribution is 2.49. The van der Waals surface area contributed by atoms with Crippen molar-refractivity contribution in [2.45, 2.75) is 45.6 Å². The van der Waals surface area contributed by atoms with E-state index in [1.807, 2.05) is 0 Å². The molecule has 5 aromatic carbocycles. The largest absolute Gasteiger partial charge is 0.108 e. The van der Waals surface area contributed by atoms with E-state index >= 15 is 0 Å². The Hall–Kier alpha value is -4.20. The van der Waals surface area contributed by atoms with Crippen molar-refractivity contribution in [3.63, 3.8) is 0 Å². The molecule has 0 aromatic heterocycles. The van der Waals surface area contributed by atoms with Gasteiger partial charge in [-0.15, -0.1) is 0 Å². The molecule has 2 aliphatic carbocycles. The molecular weight excluding hydrogens is 521 g/mol. The Balaban J connectivity index is 1.49. The van der Waals surface area contributed by atoms with Gasteiger partial charge in [-0.2, -0.15) is 0 Å². The Morgan fingerprint density at radius 1 is 0.476 bits per heavy atom. The van der Waals surface area contributed by atoms with Crippen LogP contribution >= 0.6 is 0 Å². The van der Waals surface area contributed by atoms with Crippen LogP contribution in [0.25, 0.3) is 32.6 Å². The van der Waals surface area contributed by atoms with E-state index in [1.165, 1.54) is 38.9 Å². The number of benzene rings is 5. The van der Waals surface area contributed by atoms with E-state index in [1.54, 1.807) is 32.7 Å². The normalized spacial score (nSPS) is 14.1. The van der Waals surface area contributed by atoms with E-state index in [-0.39, 0.29) is 0 Å². The zero-order valence-corrected chi connectivity index (χ0v) is 25.9. The summed E-state index contributed by atoms with van der Waals surface area (Å²) >= 11 is 0. The Labute approximate surface area is 252 Å². The summed E-state index contributed by atoms with van der Waals surface area (Å²) in [6.07, 6.45) is 4.39. The van der Waals surface area contributed by atoms with Gasteiger partial charge in [-0.05, 0) is 86.6 Å². The molecule has 5 aromatic rings.